The Bertz CT molecular complexity index is 709. The highest BCUT2D eigenvalue weighted by atomic mass is 16.5. The maximum atomic E-state index is 12.2. The number of methoxy groups -OCH3 is 1. The van der Waals surface area contributed by atoms with Crippen LogP contribution in [-0.2, 0) is 16.1 Å². The van der Waals surface area contributed by atoms with Crippen LogP contribution in [0.15, 0.2) is 18.2 Å². The van der Waals surface area contributed by atoms with E-state index in [-0.39, 0.29) is 17.9 Å². The molecule has 1 aromatic carbocycles. The number of rotatable bonds is 8. The van der Waals surface area contributed by atoms with Gasteiger partial charge in [-0.25, -0.2) is 0 Å². The molecule has 0 bridgehead atoms. The van der Waals surface area contributed by atoms with E-state index in [1.807, 2.05) is 23.1 Å². The number of nitrogens with one attached hydrogen (secondary N) is 1. The van der Waals surface area contributed by atoms with Crippen molar-refractivity contribution < 1.29 is 19.1 Å². The van der Waals surface area contributed by atoms with E-state index >= 15 is 0 Å². The third kappa shape index (κ3) is 6.10. The molecule has 1 unspecified atom stereocenters. The smallest absolute Gasteiger partial charge is 0.222 e. The first-order valence-electron chi connectivity index (χ1n) is 10.7. The Kier molecular flexibility index (Phi) is 7.75. The van der Waals surface area contributed by atoms with E-state index < -0.39 is 0 Å². The zero-order valence-electron chi connectivity index (χ0n) is 17.6. The minimum atomic E-state index is 0.00329. The van der Waals surface area contributed by atoms with Gasteiger partial charge < -0.3 is 19.7 Å². The van der Waals surface area contributed by atoms with Gasteiger partial charge in [0.1, 0.15) is 17.6 Å². The van der Waals surface area contributed by atoms with Crippen LogP contribution in [0.25, 0.3) is 0 Å². The van der Waals surface area contributed by atoms with Gasteiger partial charge in [-0.15, -0.1) is 0 Å². The number of amides is 2. The van der Waals surface area contributed by atoms with Crippen molar-refractivity contribution in [2.24, 2.45) is 0 Å². The summed E-state index contributed by atoms with van der Waals surface area (Å²) in [6, 6.07) is 5.92. The quantitative estimate of drug-likeness (QED) is 0.720. The molecule has 1 aromatic rings. The molecule has 0 saturated carbocycles. The van der Waals surface area contributed by atoms with Crippen molar-refractivity contribution in [3.05, 3.63) is 23.8 Å². The van der Waals surface area contributed by atoms with E-state index in [2.05, 4.69) is 17.1 Å². The van der Waals surface area contributed by atoms with Crippen LogP contribution in [0.1, 0.15) is 44.6 Å². The summed E-state index contributed by atoms with van der Waals surface area (Å²) in [4.78, 5) is 28.2. The van der Waals surface area contributed by atoms with Gasteiger partial charge >= 0.3 is 0 Å². The van der Waals surface area contributed by atoms with Crippen LogP contribution in [0, 0.1) is 0 Å². The van der Waals surface area contributed by atoms with Crippen molar-refractivity contribution in [3.63, 3.8) is 0 Å². The SMILES string of the molecule is CCC1CN(CCNC(=O)CCN2CCCCC2=O)Cc2cc(OC)ccc2O1. The zero-order chi connectivity index (χ0) is 20.6. The van der Waals surface area contributed by atoms with Crippen molar-refractivity contribution >= 4 is 11.8 Å². The average Bonchev–Trinajstić information content (AvgIpc) is 2.91. The van der Waals surface area contributed by atoms with Gasteiger partial charge in [-0.3, -0.25) is 14.5 Å². The second kappa shape index (κ2) is 10.5. The minimum Gasteiger partial charge on any atom is -0.497 e. The molecule has 1 atom stereocenters. The first-order chi connectivity index (χ1) is 14.1. The first-order valence-corrected chi connectivity index (χ1v) is 10.7. The minimum absolute atomic E-state index is 0.00329. The van der Waals surface area contributed by atoms with Crippen LogP contribution in [0.2, 0.25) is 0 Å². The van der Waals surface area contributed by atoms with Gasteiger partial charge in [0.15, 0.2) is 0 Å². The van der Waals surface area contributed by atoms with Crippen molar-refractivity contribution in [1.29, 1.82) is 0 Å². The van der Waals surface area contributed by atoms with Gasteiger partial charge in [-0.2, -0.15) is 0 Å². The van der Waals surface area contributed by atoms with Crippen LogP contribution in [0.4, 0.5) is 0 Å². The molecule has 2 aliphatic heterocycles. The van der Waals surface area contributed by atoms with Crippen LogP contribution in [-0.4, -0.2) is 67.6 Å². The van der Waals surface area contributed by atoms with Gasteiger partial charge in [-0.1, -0.05) is 6.92 Å². The number of carbonyl (C=O) groups is 2. The molecule has 0 aromatic heterocycles. The van der Waals surface area contributed by atoms with E-state index in [4.69, 9.17) is 9.47 Å². The van der Waals surface area contributed by atoms with Crippen molar-refractivity contribution in [3.8, 4) is 11.5 Å². The summed E-state index contributed by atoms with van der Waals surface area (Å²) in [5.74, 6) is 1.91. The maximum Gasteiger partial charge on any atom is 0.222 e. The molecular weight excluding hydrogens is 370 g/mol. The van der Waals surface area contributed by atoms with Crippen LogP contribution in [0.5, 0.6) is 11.5 Å². The Hall–Kier alpha value is -2.28. The molecule has 1 fully saturated rings. The summed E-state index contributed by atoms with van der Waals surface area (Å²) in [7, 11) is 1.67. The summed E-state index contributed by atoms with van der Waals surface area (Å²) in [6.07, 6.45) is 4.04. The molecule has 1 saturated heterocycles. The van der Waals surface area contributed by atoms with Crippen LogP contribution >= 0.6 is 0 Å². The lowest BCUT2D eigenvalue weighted by Crippen LogP contribution is -2.40. The highest BCUT2D eigenvalue weighted by molar-refractivity contribution is 5.79. The number of piperidine rings is 1. The molecule has 7 heteroatoms. The Morgan fingerprint density at radius 3 is 2.93 bits per heavy atom. The number of carbonyl (C=O) groups excluding carboxylic acids is 2. The van der Waals surface area contributed by atoms with E-state index in [1.54, 1.807) is 7.11 Å². The normalized spacial score (nSPS) is 19.9. The summed E-state index contributed by atoms with van der Waals surface area (Å²) in [5, 5.41) is 3.00. The van der Waals surface area contributed by atoms with Crippen molar-refractivity contribution in [2.75, 3.05) is 39.8 Å². The summed E-state index contributed by atoms with van der Waals surface area (Å²) in [6.45, 7) is 6.36. The molecule has 0 aliphatic carbocycles. The summed E-state index contributed by atoms with van der Waals surface area (Å²) >= 11 is 0. The fourth-order valence-corrected chi connectivity index (χ4v) is 3.89. The zero-order valence-corrected chi connectivity index (χ0v) is 17.6. The predicted molar refractivity (Wildman–Crippen MR) is 111 cm³/mol. The number of fused-ring (bicyclic) bond motifs is 1. The largest absolute Gasteiger partial charge is 0.497 e. The second-order valence-electron chi connectivity index (χ2n) is 7.79. The Morgan fingerprint density at radius 2 is 2.17 bits per heavy atom. The Morgan fingerprint density at radius 1 is 1.31 bits per heavy atom. The fraction of sp³-hybridized carbons (Fsp3) is 0.636. The third-order valence-electron chi connectivity index (χ3n) is 5.65. The molecule has 2 heterocycles. The molecule has 3 rings (SSSR count). The molecule has 160 valence electrons. The fourth-order valence-electron chi connectivity index (χ4n) is 3.89. The highest BCUT2D eigenvalue weighted by Crippen LogP contribution is 2.29. The van der Waals surface area contributed by atoms with E-state index in [1.165, 1.54) is 0 Å². The Labute approximate surface area is 173 Å². The molecule has 2 aliphatic rings. The number of ether oxygens (including phenoxy) is 2. The maximum absolute atomic E-state index is 12.2. The number of likely N-dealkylation sites (tertiary alicyclic amines) is 1. The third-order valence-corrected chi connectivity index (χ3v) is 5.65. The van der Waals surface area contributed by atoms with E-state index in [0.717, 1.165) is 62.5 Å². The summed E-state index contributed by atoms with van der Waals surface area (Å²) in [5.41, 5.74) is 1.11. The Balaban J connectivity index is 1.47. The number of hydrogen-bond acceptors (Lipinski definition) is 5. The van der Waals surface area contributed by atoms with Gasteiger partial charge in [0.05, 0.1) is 7.11 Å². The van der Waals surface area contributed by atoms with E-state index in [0.29, 0.717) is 25.9 Å². The lowest BCUT2D eigenvalue weighted by molar-refractivity contribution is -0.133. The number of nitrogens with zero attached hydrogens (tertiary/aromatic N) is 2. The number of benzene rings is 1. The van der Waals surface area contributed by atoms with Gasteiger partial charge in [0.25, 0.3) is 0 Å². The molecule has 29 heavy (non-hydrogen) atoms. The van der Waals surface area contributed by atoms with Gasteiger partial charge in [0.2, 0.25) is 11.8 Å². The topological polar surface area (TPSA) is 71.1 Å². The van der Waals surface area contributed by atoms with E-state index in [9.17, 15) is 9.59 Å². The van der Waals surface area contributed by atoms with Crippen molar-refractivity contribution in [1.82, 2.24) is 15.1 Å². The number of hydrogen-bond donors (Lipinski definition) is 1. The van der Waals surface area contributed by atoms with Gasteiger partial charge in [-0.05, 0) is 37.5 Å². The second-order valence-corrected chi connectivity index (χ2v) is 7.79. The molecule has 1 N–H and O–H groups in total. The highest BCUT2D eigenvalue weighted by Gasteiger charge is 2.22. The molecule has 7 nitrogen and oxygen atoms in total. The van der Waals surface area contributed by atoms with Crippen LogP contribution < -0.4 is 14.8 Å². The van der Waals surface area contributed by atoms with Crippen molar-refractivity contribution in [2.45, 2.75) is 51.7 Å². The molecule has 0 radical (unpaired) electrons. The molecule has 2 amide bonds. The van der Waals surface area contributed by atoms with Gasteiger partial charge in [0, 0.05) is 57.7 Å². The lowest BCUT2D eigenvalue weighted by Gasteiger charge is -2.26. The monoisotopic (exact) mass is 403 g/mol. The molecule has 0 spiro atoms. The lowest BCUT2D eigenvalue weighted by atomic mass is 10.1. The summed E-state index contributed by atoms with van der Waals surface area (Å²) < 4.78 is 11.5. The first kappa shape index (κ1) is 21.4. The standard InChI is InChI=1S/C22H33N3O4/c1-3-18-16-24(15-17-14-19(28-2)7-8-20(17)29-18)13-10-23-21(26)9-12-25-11-5-4-6-22(25)27/h7-8,14,18H,3-6,9-13,15-16H2,1-2H3,(H,23,26). The van der Waals surface area contributed by atoms with Crippen LogP contribution in [0.3, 0.4) is 0 Å². The average molecular weight is 404 g/mol. The molecular formula is C22H33N3O4. The predicted octanol–water partition coefficient (Wildman–Crippen LogP) is 2.19.